The molecule has 9 heteroatoms. The molecule has 0 bridgehead atoms. The molecule has 31 heavy (non-hydrogen) atoms. The Hall–Kier alpha value is -3.01. The van der Waals surface area contributed by atoms with E-state index >= 15 is 0 Å². The largest absolute Gasteiger partial charge is 0.491 e. The van der Waals surface area contributed by atoms with Crippen molar-refractivity contribution in [1.29, 1.82) is 0 Å². The van der Waals surface area contributed by atoms with Gasteiger partial charge in [-0.15, -0.1) is 0 Å². The van der Waals surface area contributed by atoms with Gasteiger partial charge in [0.05, 0.1) is 24.5 Å². The lowest BCUT2D eigenvalue weighted by atomic mass is 10.1. The molecule has 1 aliphatic heterocycles. The number of aliphatic hydroxyl groups excluding tert-OH is 1. The van der Waals surface area contributed by atoms with E-state index in [1.54, 1.807) is 13.2 Å². The van der Waals surface area contributed by atoms with Crippen molar-refractivity contribution in [3.05, 3.63) is 42.2 Å². The SMILES string of the molecule is CNCC(O)COc1cccc(-c2nc(N[C@@H]3CCOC3)c(C)c(-c3cn[nH]c3)n2)c1. The molecule has 1 unspecified atom stereocenters. The maximum atomic E-state index is 9.90. The Morgan fingerprint density at radius 1 is 1.32 bits per heavy atom. The van der Waals surface area contributed by atoms with Gasteiger partial charge in [0.25, 0.3) is 0 Å². The highest BCUT2D eigenvalue weighted by Gasteiger charge is 2.20. The van der Waals surface area contributed by atoms with Gasteiger partial charge >= 0.3 is 0 Å². The van der Waals surface area contributed by atoms with Crippen molar-refractivity contribution in [1.82, 2.24) is 25.5 Å². The lowest BCUT2D eigenvalue weighted by Gasteiger charge is -2.17. The van der Waals surface area contributed by atoms with Crippen LogP contribution in [0.5, 0.6) is 5.75 Å². The monoisotopic (exact) mass is 424 g/mol. The van der Waals surface area contributed by atoms with E-state index in [9.17, 15) is 5.11 Å². The standard InChI is InChI=1S/C22H28N6O3/c1-14-20(16-9-24-25-10-16)27-22(28-21(14)26-17-6-7-30-12-17)15-4-3-5-19(8-15)31-13-18(29)11-23-2/h3-5,8-10,17-18,23,29H,6-7,11-13H2,1-2H3,(H,24,25)(H,26,27,28)/t17-,18?/m1/s1. The summed E-state index contributed by atoms with van der Waals surface area (Å²) in [5.74, 6) is 2.03. The number of aromatic amines is 1. The molecule has 164 valence electrons. The minimum absolute atomic E-state index is 0.202. The van der Waals surface area contributed by atoms with Gasteiger partial charge in [-0.25, -0.2) is 9.97 Å². The van der Waals surface area contributed by atoms with Gasteiger partial charge in [-0.3, -0.25) is 5.10 Å². The van der Waals surface area contributed by atoms with Gasteiger partial charge in [-0.05, 0) is 32.5 Å². The fraction of sp³-hybridized carbons (Fsp3) is 0.409. The summed E-state index contributed by atoms with van der Waals surface area (Å²) in [7, 11) is 1.79. The summed E-state index contributed by atoms with van der Waals surface area (Å²) in [6.07, 6.45) is 3.94. The third-order valence-corrected chi connectivity index (χ3v) is 5.16. The lowest BCUT2D eigenvalue weighted by molar-refractivity contribution is 0.108. The average molecular weight is 425 g/mol. The molecule has 1 aliphatic rings. The molecular formula is C22H28N6O3. The Morgan fingerprint density at radius 2 is 2.23 bits per heavy atom. The molecule has 1 fully saturated rings. The van der Waals surface area contributed by atoms with Crippen molar-refractivity contribution < 1.29 is 14.6 Å². The van der Waals surface area contributed by atoms with Gasteiger partial charge in [-0.2, -0.15) is 5.10 Å². The molecule has 0 amide bonds. The molecule has 2 aromatic heterocycles. The summed E-state index contributed by atoms with van der Waals surface area (Å²) in [5, 5.41) is 23.3. The van der Waals surface area contributed by atoms with E-state index in [1.807, 2.05) is 37.4 Å². The van der Waals surface area contributed by atoms with Crippen molar-refractivity contribution in [2.45, 2.75) is 25.5 Å². The zero-order valence-corrected chi connectivity index (χ0v) is 17.8. The smallest absolute Gasteiger partial charge is 0.162 e. The molecule has 2 atom stereocenters. The molecule has 0 spiro atoms. The Kier molecular flexibility index (Phi) is 6.76. The van der Waals surface area contributed by atoms with Crippen LogP contribution in [-0.2, 0) is 4.74 Å². The number of aromatic nitrogens is 4. The molecule has 1 saturated heterocycles. The number of rotatable bonds is 9. The van der Waals surface area contributed by atoms with Crippen LogP contribution in [0, 0.1) is 6.92 Å². The van der Waals surface area contributed by atoms with Crippen molar-refractivity contribution in [3.63, 3.8) is 0 Å². The van der Waals surface area contributed by atoms with Crippen LogP contribution in [0.1, 0.15) is 12.0 Å². The van der Waals surface area contributed by atoms with Crippen molar-refractivity contribution in [3.8, 4) is 28.4 Å². The van der Waals surface area contributed by atoms with E-state index in [4.69, 9.17) is 19.4 Å². The molecule has 0 saturated carbocycles. The second-order valence-electron chi connectivity index (χ2n) is 7.61. The maximum Gasteiger partial charge on any atom is 0.162 e. The van der Waals surface area contributed by atoms with E-state index in [1.165, 1.54) is 0 Å². The molecule has 0 aliphatic carbocycles. The first-order valence-corrected chi connectivity index (χ1v) is 10.4. The third-order valence-electron chi connectivity index (χ3n) is 5.16. The highest BCUT2D eigenvalue weighted by atomic mass is 16.5. The molecule has 9 nitrogen and oxygen atoms in total. The van der Waals surface area contributed by atoms with Gasteiger partial charge in [0.2, 0.25) is 0 Å². The molecule has 3 aromatic rings. The number of benzene rings is 1. The number of likely N-dealkylation sites (N-methyl/N-ethyl adjacent to an activating group) is 1. The van der Waals surface area contributed by atoms with Gasteiger partial charge in [0, 0.05) is 36.0 Å². The first-order chi connectivity index (χ1) is 15.1. The van der Waals surface area contributed by atoms with Crippen LogP contribution < -0.4 is 15.4 Å². The molecule has 1 aromatic carbocycles. The predicted octanol–water partition coefficient (Wildman–Crippen LogP) is 2.00. The van der Waals surface area contributed by atoms with E-state index in [0.29, 0.717) is 24.7 Å². The highest BCUT2D eigenvalue weighted by molar-refractivity contribution is 5.71. The first kappa shape index (κ1) is 21.2. The van der Waals surface area contributed by atoms with Crippen molar-refractivity contribution >= 4 is 5.82 Å². The molecule has 4 N–H and O–H groups in total. The Bertz CT molecular complexity index is 989. The van der Waals surface area contributed by atoms with Gasteiger partial charge in [-0.1, -0.05) is 12.1 Å². The maximum absolute atomic E-state index is 9.90. The zero-order chi connectivity index (χ0) is 21.6. The zero-order valence-electron chi connectivity index (χ0n) is 17.8. The normalized spacial score (nSPS) is 16.9. The number of nitrogens with zero attached hydrogens (tertiary/aromatic N) is 3. The quantitative estimate of drug-likeness (QED) is 0.412. The number of nitrogens with one attached hydrogen (secondary N) is 3. The average Bonchev–Trinajstić information content (AvgIpc) is 3.49. The molecule has 3 heterocycles. The van der Waals surface area contributed by atoms with E-state index in [0.717, 1.165) is 41.2 Å². The van der Waals surface area contributed by atoms with Crippen LogP contribution in [0.2, 0.25) is 0 Å². The fourth-order valence-corrected chi connectivity index (χ4v) is 3.50. The summed E-state index contributed by atoms with van der Waals surface area (Å²) in [5.41, 5.74) is 3.50. The second-order valence-corrected chi connectivity index (χ2v) is 7.61. The highest BCUT2D eigenvalue weighted by Crippen LogP contribution is 2.30. The van der Waals surface area contributed by atoms with Gasteiger partial charge in [0.15, 0.2) is 5.82 Å². The molecule has 4 rings (SSSR count). The first-order valence-electron chi connectivity index (χ1n) is 10.4. The van der Waals surface area contributed by atoms with Gasteiger partial charge < -0.3 is 25.2 Å². The number of ether oxygens (including phenoxy) is 2. The summed E-state index contributed by atoms with van der Waals surface area (Å²) in [6, 6.07) is 7.81. The molecule has 0 radical (unpaired) electrons. The van der Waals surface area contributed by atoms with Crippen LogP contribution >= 0.6 is 0 Å². The summed E-state index contributed by atoms with van der Waals surface area (Å²) in [4.78, 5) is 9.65. The third kappa shape index (κ3) is 5.19. The second kappa shape index (κ2) is 9.86. The summed E-state index contributed by atoms with van der Waals surface area (Å²) < 4.78 is 11.3. The van der Waals surface area contributed by atoms with Crippen LogP contribution in [0.15, 0.2) is 36.7 Å². The van der Waals surface area contributed by atoms with E-state index in [-0.39, 0.29) is 12.6 Å². The van der Waals surface area contributed by atoms with Crippen molar-refractivity contribution in [2.75, 3.05) is 38.7 Å². The number of hydrogen-bond acceptors (Lipinski definition) is 8. The topological polar surface area (TPSA) is 117 Å². The van der Waals surface area contributed by atoms with E-state index in [2.05, 4.69) is 20.8 Å². The van der Waals surface area contributed by atoms with Crippen molar-refractivity contribution in [2.24, 2.45) is 0 Å². The number of H-pyrrole nitrogens is 1. The van der Waals surface area contributed by atoms with Crippen LogP contribution in [0.25, 0.3) is 22.6 Å². The Balaban J connectivity index is 1.65. The number of aliphatic hydroxyl groups is 1. The van der Waals surface area contributed by atoms with E-state index < -0.39 is 6.10 Å². The molecular weight excluding hydrogens is 396 g/mol. The van der Waals surface area contributed by atoms with Crippen LogP contribution in [0.4, 0.5) is 5.82 Å². The lowest BCUT2D eigenvalue weighted by Crippen LogP contribution is -2.29. The van der Waals surface area contributed by atoms with Crippen LogP contribution in [0.3, 0.4) is 0 Å². The summed E-state index contributed by atoms with van der Waals surface area (Å²) in [6.45, 7) is 4.09. The minimum atomic E-state index is -0.582. The predicted molar refractivity (Wildman–Crippen MR) is 118 cm³/mol. The van der Waals surface area contributed by atoms with Gasteiger partial charge in [0.1, 0.15) is 24.3 Å². The summed E-state index contributed by atoms with van der Waals surface area (Å²) >= 11 is 0. The van der Waals surface area contributed by atoms with Crippen LogP contribution in [-0.4, -0.2) is 70.8 Å². The Labute approximate surface area is 181 Å². The fourth-order valence-electron chi connectivity index (χ4n) is 3.50. The number of anilines is 1. The minimum Gasteiger partial charge on any atom is -0.491 e. The Morgan fingerprint density at radius 3 is 2.97 bits per heavy atom. The number of hydrogen-bond donors (Lipinski definition) is 4.